The van der Waals surface area contributed by atoms with Crippen LogP contribution in [-0.4, -0.2) is 19.3 Å². The molecule has 2 N–H and O–H groups in total. The van der Waals surface area contributed by atoms with Gasteiger partial charge in [-0.05, 0) is 31.2 Å². The monoisotopic (exact) mass is 247 g/mol. The number of para-hydroxylation sites is 1. The van der Waals surface area contributed by atoms with Crippen LogP contribution in [0.2, 0.25) is 0 Å². The first-order chi connectivity index (χ1) is 8.81. The smallest absolute Gasteiger partial charge is 0.127 e. The molecule has 1 aromatic rings. The molecule has 1 aromatic carbocycles. The average molecular weight is 247 g/mol. The number of hydrogen-bond acceptors (Lipinski definition) is 3. The summed E-state index contributed by atoms with van der Waals surface area (Å²) in [5.74, 6) is 1.65. The molecule has 3 heteroatoms. The third-order valence-corrected chi connectivity index (χ3v) is 3.90. The number of fused-ring (bicyclic) bond motifs is 1. The first-order valence-electron chi connectivity index (χ1n) is 6.93. The highest BCUT2D eigenvalue weighted by Gasteiger charge is 2.37. The molecule has 0 bridgehead atoms. The molecule has 1 aliphatic carbocycles. The number of ether oxygens (including phenoxy) is 2. The fourth-order valence-corrected chi connectivity index (χ4v) is 2.83. The summed E-state index contributed by atoms with van der Waals surface area (Å²) in [4.78, 5) is 0. The van der Waals surface area contributed by atoms with E-state index in [1.54, 1.807) is 0 Å². The highest BCUT2D eigenvalue weighted by molar-refractivity contribution is 5.46. The molecule has 1 heterocycles. The predicted molar refractivity (Wildman–Crippen MR) is 70.7 cm³/mol. The molecule has 2 unspecified atom stereocenters. The van der Waals surface area contributed by atoms with Gasteiger partial charge in [0.05, 0.1) is 18.8 Å². The van der Waals surface area contributed by atoms with Crippen molar-refractivity contribution in [3.63, 3.8) is 0 Å². The highest BCUT2D eigenvalue weighted by atomic mass is 16.5. The zero-order valence-corrected chi connectivity index (χ0v) is 10.9. The van der Waals surface area contributed by atoms with Crippen LogP contribution in [0.3, 0.4) is 0 Å². The number of benzene rings is 1. The minimum atomic E-state index is -0.0644. The summed E-state index contributed by atoms with van der Waals surface area (Å²) in [5, 5.41) is 0. The van der Waals surface area contributed by atoms with Crippen molar-refractivity contribution in [1.82, 2.24) is 0 Å². The topological polar surface area (TPSA) is 44.5 Å². The van der Waals surface area contributed by atoms with Gasteiger partial charge in [0, 0.05) is 18.6 Å². The molecule has 1 aliphatic heterocycles. The van der Waals surface area contributed by atoms with E-state index in [9.17, 15) is 0 Å². The van der Waals surface area contributed by atoms with Crippen molar-refractivity contribution < 1.29 is 9.47 Å². The van der Waals surface area contributed by atoms with Crippen molar-refractivity contribution in [1.29, 1.82) is 0 Å². The summed E-state index contributed by atoms with van der Waals surface area (Å²) in [6.45, 7) is 3.54. The van der Waals surface area contributed by atoms with E-state index in [-0.39, 0.29) is 12.1 Å². The van der Waals surface area contributed by atoms with Crippen molar-refractivity contribution in [2.75, 3.05) is 13.2 Å². The van der Waals surface area contributed by atoms with Gasteiger partial charge in [0.2, 0.25) is 0 Å². The molecular weight excluding hydrogens is 226 g/mol. The fourth-order valence-electron chi connectivity index (χ4n) is 2.83. The normalized spacial score (nSPS) is 21.2. The summed E-state index contributed by atoms with van der Waals surface area (Å²) in [6, 6.07) is 6.23. The van der Waals surface area contributed by atoms with Crippen LogP contribution >= 0.6 is 0 Å². The Bertz CT molecular complexity index is 429. The van der Waals surface area contributed by atoms with Gasteiger partial charge in [-0.1, -0.05) is 18.2 Å². The van der Waals surface area contributed by atoms with Crippen LogP contribution in [0, 0.1) is 5.92 Å². The van der Waals surface area contributed by atoms with Gasteiger partial charge in [-0.3, -0.25) is 0 Å². The Hall–Kier alpha value is -1.06. The summed E-state index contributed by atoms with van der Waals surface area (Å²) in [5.41, 5.74) is 8.84. The van der Waals surface area contributed by atoms with Gasteiger partial charge in [-0.15, -0.1) is 0 Å². The highest BCUT2D eigenvalue weighted by Crippen LogP contribution is 2.42. The molecule has 0 saturated heterocycles. The van der Waals surface area contributed by atoms with Crippen LogP contribution in [0.15, 0.2) is 18.2 Å². The predicted octanol–water partition coefficient (Wildman–Crippen LogP) is 2.44. The van der Waals surface area contributed by atoms with Gasteiger partial charge < -0.3 is 15.2 Å². The molecule has 1 saturated carbocycles. The van der Waals surface area contributed by atoms with E-state index in [1.807, 2.05) is 6.92 Å². The molecule has 0 amide bonds. The van der Waals surface area contributed by atoms with Gasteiger partial charge in [-0.2, -0.15) is 0 Å². The van der Waals surface area contributed by atoms with Crippen molar-refractivity contribution in [2.45, 2.75) is 38.3 Å². The molecule has 0 radical (unpaired) electrons. The van der Waals surface area contributed by atoms with Gasteiger partial charge in [0.15, 0.2) is 0 Å². The van der Waals surface area contributed by atoms with Crippen molar-refractivity contribution in [2.24, 2.45) is 11.7 Å². The van der Waals surface area contributed by atoms with E-state index in [0.717, 1.165) is 30.9 Å². The van der Waals surface area contributed by atoms with Crippen molar-refractivity contribution in [3.05, 3.63) is 29.3 Å². The van der Waals surface area contributed by atoms with E-state index in [2.05, 4.69) is 18.2 Å². The van der Waals surface area contributed by atoms with Crippen molar-refractivity contribution >= 4 is 0 Å². The third kappa shape index (κ3) is 2.13. The summed E-state index contributed by atoms with van der Waals surface area (Å²) < 4.78 is 11.6. The molecular formula is C15H21NO2. The lowest BCUT2D eigenvalue weighted by Crippen LogP contribution is -2.31. The van der Waals surface area contributed by atoms with Crippen LogP contribution in [0.5, 0.6) is 5.75 Å². The van der Waals surface area contributed by atoms with E-state index in [0.29, 0.717) is 5.92 Å². The number of hydrogen-bond donors (Lipinski definition) is 1. The summed E-state index contributed by atoms with van der Waals surface area (Å²) >= 11 is 0. The van der Waals surface area contributed by atoms with Crippen molar-refractivity contribution in [3.8, 4) is 5.75 Å². The Labute approximate surface area is 108 Å². The summed E-state index contributed by atoms with van der Waals surface area (Å²) in [6.07, 6.45) is 3.63. The van der Waals surface area contributed by atoms with Gasteiger partial charge in [-0.25, -0.2) is 0 Å². The fraction of sp³-hybridized carbons (Fsp3) is 0.600. The third-order valence-electron chi connectivity index (χ3n) is 3.90. The lowest BCUT2D eigenvalue weighted by Gasteiger charge is -2.25. The molecule has 98 valence electrons. The molecule has 3 rings (SSSR count). The zero-order chi connectivity index (χ0) is 12.5. The van der Waals surface area contributed by atoms with Crippen LogP contribution in [0.25, 0.3) is 0 Å². The average Bonchev–Trinajstić information content (AvgIpc) is 3.11. The van der Waals surface area contributed by atoms with Gasteiger partial charge in [0.25, 0.3) is 0 Å². The zero-order valence-electron chi connectivity index (χ0n) is 10.9. The van der Waals surface area contributed by atoms with E-state index in [4.69, 9.17) is 15.2 Å². The van der Waals surface area contributed by atoms with Gasteiger partial charge in [0.1, 0.15) is 5.75 Å². The number of nitrogens with two attached hydrogens (primary N) is 1. The quantitative estimate of drug-likeness (QED) is 0.869. The lowest BCUT2D eigenvalue weighted by atomic mass is 9.96. The van der Waals surface area contributed by atoms with Crippen LogP contribution in [0.4, 0.5) is 0 Å². The van der Waals surface area contributed by atoms with Gasteiger partial charge >= 0.3 is 0 Å². The van der Waals surface area contributed by atoms with E-state index in [1.165, 1.54) is 18.4 Å². The second kappa shape index (κ2) is 4.90. The maximum atomic E-state index is 6.43. The minimum Gasteiger partial charge on any atom is -0.493 e. The Balaban J connectivity index is 1.86. The van der Waals surface area contributed by atoms with E-state index >= 15 is 0 Å². The molecule has 0 spiro atoms. The van der Waals surface area contributed by atoms with E-state index < -0.39 is 0 Å². The lowest BCUT2D eigenvalue weighted by molar-refractivity contribution is 0.0278. The Morgan fingerprint density at radius 3 is 3.00 bits per heavy atom. The Morgan fingerprint density at radius 1 is 1.44 bits per heavy atom. The first-order valence-corrected chi connectivity index (χ1v) is 6.93. The van der Waals surface area contributed by atoms with Crippen LogP contribution in [0.1, 0.15) is 36.9 Å². The molecule has 2 atom stereocenters. The second-order valence-corrected chi connectivity index (χ2v) is 5.22. The number of rotatable bonds is 5. The first kappa shape index (κ1) is 12.0. The largest absolute Gasteiger partial charge is 0.493 e. The second-order valence-electron chi connectivity index (χ2n) is 5.22. The summed E-state index contributed by atoms with van der Waals surface area (Å²) in [7, 11) is 0. The van der Waals surface area contributed by atoms with Crippen LogP contribution in [-0.2, 0) is 11.2 Å². The van der Waals surface area contributed by atoms with Crippen LogP contribution < -0.4 is 10.5 Å². The molecule has 0 aromatic heterocycles. The molecule has 2 aliphatic rings. The molecule has 3 nitrogen and oxygen atoms in total. The maximum Gasteiger partial charge on any atom is 0.127 e. The molecule has 1 fully saturated rings. The minimum absolute atomic E-state index is 0.0644. The standard InChI is InChI=1S/C15H21NO2/c1-2-17-15(11-6-7-11)13(16)12-5-3-4-10-8-9-18-14(10)12/h3-5,11,13,15H,2,6-9,16H2,1H3. The molecule has 18 heavy (non-hydrogen) atoms. The SMILES string of the molecule is CCOC(C1CC1)C(N)c1cccc2c1OCC2. The maximum absolute atomic E-state index is 6.43. The Kier molecular flexibility index (Phi) is 3.27. The Morgan fingerprint density at radius 2 is 2.28 bits per heavy atom.